The number of carbonyl (C=O) groups is 2. The maximum atomic E-state index is 11.8. The molecule has 0 spiro atoms. The van der Waals surface area contributed by atoms with Crippen molar-refractivity contribution in [1.29, 1.82) is 0 Å². The van der Waals surface area contributed by atoms with Gasteiger partial charge in [-0.1, -0.05) is 50.6 Å². The summed E-state index contributed by atoms with van der Waals surface area (Å²) in [4.78, 5) is 23.6. The second kappa shape index (κ2) is 9.20. The van der Waals surface area contributed by atoms with Crippen LogP contribution in [0, 0.1) is 5.92 Å². The molecular weight excluding hydrogens is 280 g/mol. The molecule has 0 bridgehead atoms. The Hall–Kier alpha value is -1.88. The van der Waals surface area contributed by atoms with E-state index < -0.39 is 12.0 Å². The highest BCUT2D eigenvalue weighted by molar-refractivity contribution is 5.87. The minimum atomic E-state index is -1.07. The average Bonchev–Trinajstić information content (AvgIpc) is 2.52. The molecule has 122 valence electrons. The highest BCUT2D eigenvalue weighted by atomic mass is 16.3. The van der Waals surface area contributed by atoms with Gasteiger partial charge in [0.1, 0.15) is 6.10 Å². The number of hydrogen-bond acceptors (Lipinski definition) is 3. The minimum absolute atomic E-state index is 0.115. The van der Waals surface area contributed by atoms with Crippen LogP contribution in [0.5, 0.6) is 0 Å². The van der Waals surface area contributed by atoms with Crippen LogP contribution in [0.2, 0.25) is 0 Å². The number of aliphatic hydroxyl groups is 1. The number of carbonyl (C=O) groups excluding carboxylic acids is 2. The van der Waals surface area contributed by atoms with E-state index in [2.05, 4.69) is 10.6 Å². The van der Waals surface area contributed by atoms with E-state index in [0.29, 0.717) is 0 Å². The quantitative estimate of drug-likeness (QED) is 0.685. The summed E-state index contributed by atoms with van der Waals surface area (Å²) in [5, 5.41) is 15.1. The highest BCUT2D eigenvalue weighted by Crippen LogP contribution is 2.11. The van der Waals surface area contributed by atoms with Gasteiger partial charge in [0.05, 0.1) is 12.6 Å². The van der Waals surface area contributed by atoms with Gasteiger partial charge in [-0.15, -0.1) is 0 Å². The van der Waals surface area contributed by atoms with E-state index >= 15 is 0 Å². The third-order valence-electron chi connectivity index (χ3n) is 3.65. The first-order valence-electron chi connectivity index (χ1n) is 7.75. The zero-order valence-corrected chi connectivity index (χ0v) is 13.5. The Kier molecular flexibility index (Phi) is 7.60. The molecule has 5 heteroatoms. The summed E-state index contributed by atoms with van der Waals surface area (Å²) in [5.74, 6) is -0.889. The zero-order chi connectivity index (χ0) is 16.5. The second-order valence-electron chi connectivity index (χ2n) is 5.63. The lowest BCUT2D eigenvalue weighted by molar-refractivity contribution is -0.134. The number of hydrogen-bond donors (Lipinski definition) is 3. The predicted molar refractivity (Wildman–Crippen MR) is 86.1 cm³/mol. The molecule has 5 nitrogen and oxygen atoms in total. The summed E-state index contributed by atoms with van der Waals surface area (Å²) < 4.78 is 0. The first kappa shape index (κ1) is 18.2. The molecule has 3 atom stereocenters. The number of amides is 2. The van der Waals surface area contributed by atoms with Gasteiger partial charge in [0.15, 0.2) is 0 Å². The topological polar surface area (TPSA) is 78.4 Å². The summed E-state index contributed by atoms with van der Waals surface area (Å²) in [7, 11) is 0. The Balaban J connectivity index is 2.38. The molecule has 2 amide bonds. The average molecular weight is 306 g/mol. The van der Waals surface area contributed by atoms with Crippen LogP contribution in [0.15, 0.2) is 30.3 Å². The number of benzene rings is 1. The molecular formula is C17H26N2O3. The van der Waals surface area contributed by atoms with Gasteiger partial charge in [-0.3, -0.25) is 9.59 Å². The second-order valence-corrected chi connectivity index (χ2v) is 5.63. The maximum Gasteiger partial charge on any atom is 0.249 e. The first-order valence-corrected chi connectivity index (χ1v) is 7.75. The van der Waals surface area contributed by atoms with Crippen molar-refractivity contribution in [2.75, 3.05) is 6.54 Å². The first-order chi connectivity index (χ1) is 10.5. The van der Waals surface area contributed by atoms with Crippen LogP contribution < -0.4 is 10.6 Å². The van der Waals surface area contributed by atoms with Crippen molar-refractivity contribution in [2.24, 2.45) is 5.92 Å². The number of nitrogens with one attached hydrogen (secondary N) is 2. The van der Waals surface area contributed by atoms with E-state index in [1.807, 2.05) is 51.1 Å². The van der Waals surface area contributed by atoms with Crippen LogP contribution in [-0.2, 0) is 9.59 Å². The third-order valence-corrected chi connectivity index (χ3v) is 3.65. The van der Waals surface area contributed by atoms with Gasteiger partial charge in [-0.25, -0.2) is 0 Å². The molecule has 0 aromatic heterocycles. The molecule has 1 aromatic carbocycles. The van der Waals surface area contributed by atoms with E-state index in [1.165, 1.54) is 0 Å². The van der Waals surface area contributed by atoms with Crippen LogP contribution >= 0.6 is 0 Å². The molecule has 1 rings (SSSR count). The van der Waals surface area contributed by atoms with Crippen molar-refractivity contribution < 1.29 is 14.7 Å². The highest BCUT2D eigenvalue weighted by Gasteiger charge is 2.22. The van der Waals surface area contributed by atoms with Crippen molar-refractivity contribution in [3.05, 3.63) is 35.9 Å². The molecule has 0 saturated heterocycles. The lowest BCUT2D eigenvalue weighted by Crippen LogP contribution is -2.44. The Morgan fingerprint density at radius 2 is 1.82 bits per heavy atom. The molecule has 0 aliphatic rings. The van der Waals surface area contributed by atoms with Crippen molar-refractivity contribution in [2.45, 2.75) is 45.8 Å². The van der Waals surface area contributed by atoms with Crippen LogP contribution in [0.25, 0.3) is 0 Å². The van der Waals surface area contributed by atoms with E-state index in [9.17, 15) is 14.7 Å². The standard InChI is InChI=1S/C17H26N2O3/c1-4-8-12(2)16(21)17(22)18-11-15(20)19-13(3)14-9-6-5-7-10-14/h5-7,9-10,12-13,16,21H,4,8,11H2,1-3H3,(H,18,22)(H,19,20)/t12?,13-,16?/m1/s1. The third kappa shape index (κ3) is 5.85. The fourth-order valence-corrected chi connectivity index (χ4v) is 2.26. The smallest absolute Gasteiger partial charge is 0.249 e. The number of aliphatic hydroxyl groups excluding tert-OH is 1. The van der Waals surface area contributed by atoms with Gasteiger partial charge in [-0.05, 0) is 24.8 Å². The minimum Gasteiger partial charge on any atom is -0.383 e. The number of rotatable bonds is 8. The van der Waals surface area contributed by atoms with Crippen molar-refractivity contribution in [3.8, 4) is 0 Å². The predicted octanol–water partition coefficient (Wildman–Crippen LogP) is 1.78. The monoisotopic (exact) mass is 306 g/mol. The SMILES string of the molecule is CCCC(C)C(O)C(=O)NCC(=O)N[C@H](C)c1ccccc1. The van der Waals surface area contributed by atoms with Crippen LogP contribution in [0.3, 0.4) is 0 Å². The normalized spacial score (nSPS) is 14.7. The molecule has 0 heterocycles. The van der Waals surface area contributed by atoms with Crippen LogP contribution in [-0.4, -0.2) is 29.6 Å². The van der Waals surface area contributed by atoms with Gasteiger partial charge in [0.25, 0.3) is 0 Å². The largest absolute Gasteiger partial charge is 0.383 e. The molecule has 1 aromatic rings. The van der Waals surface area contributed by atoms with Gasteiger partial charge < -0.3 is 15.7 Å². The lowest BCUT2D eigenvalue weighted by atomic mass is 9.99. The summed E-state index contributed by atoms with van der Waals surface area (Å²) in [6.07, 6.45) is 0.603. The molecule has 0 saturated carbocycles. The molecule has 2 unspecified atom stereocenters. The maximum absolute atomic E-state index is 11.8. The Labute approximate surface area is 132 Å². The summed E-state index contributed by atoms with van der Waals surface area (Å²) in [6.45, 7) is 5.57. The molecule has 3 N–H and O–H groups in total. The lowest BCUT2D eigenvalue weighted by Gasteiger charge is -2.18. The van der Waals surface area contributed by atoms with Gasteiger partial charge in [0, 0.05) is 0 Å². The molecule has 0 aliphatic carbocycles. The Bertz CT molecular complexity index is 476. The van der Waals surface area contributed by atoms with Gasteiger partial charge >= 0.3 is 0 Å². The van der Waals surface area contributed by atoms with E-state index in [4.69, 9.17) is 0 Å². The summed E-state index contributed by atoms with van der Waals surface area (Å²) in [6, 6.07) is 9.46. The van der Waals surface area contributed by atoms with Crippen molar-refractivity contribution >= 4 is 11.8 Å². The van der Waals surface area contributed by atoms with Gasteiger partial charge in [0.2, 0.25) is 11.8 Å². The Morgan fingerprint density at radius 1 is 1.18 bits per heavy atom. The Morgan fingerprint density at radius 3 is 2.41 bits per heavy atom. The van der Waals surface area contributed by atoms with E-state index in [0.717, 1.165) is 18.4 Å². The fourth-order valence-electron chi connectivity index (χ4n) is 2.26. The van der Waals surface area contributed by atoms with Crippen LogP contribution in [0.1, 0.15) is 45.2 Å². The van der Waals surface area contributed by atoms with E-state index in [1.54, 1.807) is 0 Å². The molecule has 22 heavy (non-hydrogen) atoms. The fraction of sp³-hybridized carbons (Fsp3) is 0.529. The van der Waals surface area contributed by atoms with Crippen molar-refractivity contribution in [3.63, 3.8) is 0 Å². The zero-order valence-electron chi connectivity index (χ0n) is 13.5. The van der Waals surface area contributed by atoms with Gasteiger partial charge in [-0.2, -0.15) is 0 Å². The van der Waals surface area contributed by atoms with Crippen LogP contribution in [0.4, 0.5) is 0 Å². The molecule has 0 radical (unpaired) electrons. The molecule has 0 fully saturated rings. The summed E-state index contributed by atoms with van der Waals surface area (Å²) >= 11 is 0. The summed E-state index contributed by atoms with van der Waals surface area (Å²) in [5.41, 5.74) is 0.999. The van der Waals surface area contributed by atoms with E-state index in [-0.39, 0.29) is 24.4 Å². The molecule has 0 aliphatic heterocycles. The van der Waals surface area contributed by atoms with Crippen molar-refractivity contribution in [1.82, 2.24) is 10.6 Å².